The van der Waals surface area contributed by atoms with Crippen LogP contribution in [0.5, 0.6) is 0 Å². The van der Waals surface area contributed by atoms with Gasteiger partial charge in [0.2, 0.25) is 0 Å². The molecule has 3 heterocycles. The van der Waals surface area contributed by atoms with Gasteiger partial charge in [-0.05, 0) is 31.4 Å². The van der Waals surface area contributed by atoms with Gasteiger partial charge >= 0.3 is 0 Å². The standard InChI is InChI=1S/C25H23N5OS.BrH/c31-24(21-14-13-18-9-5-6-12-20(18)27-21)29-26-17-22-23(19-10-3-1-4-11-19)28-25(32-22)30-15-7-2-8-16-30;/h1,3-6,9-14,17H,2,7-8,15-16H2,(H,29,31);1H. The Kier molecular flexibility index (Phi) is 7.47. The number of fused-ring (bicyclic) bond motifs is 1. The van der Waals surface area contributed by atoms with Crippen molar-refractivity contribution in [3.8, 4) is 11.3 Å². The molecule has 1 aliphatic heterocycles. The zero-order valence-corrected chi connectivity index (χ0v) is 20.5. The number of hydrogen-bond donors (Lipinski definition) is 1. The van der Waals surface area contributed by atoms with Gasteiger partial charge in [0.05, 0.1) is 22.3 Å². The normalized spacial score (nSPS) is 13.8. The number of anilines is 1. The highest BCUT2D eigenvalue weighted by Gasteiger charge is 2.18. The lowest BCUT2D eigenvalue weighted by molar-refractivity contribution is 0.0950. The summed E-state index contributed by atoms with van der Waals surface area (Å²) in [5.74, 6) is -0.339. The molecule has 5 rings (SSSR count). The van der Waals surface area contributed by atoms with E-state index in [4.69, 9.17) is 4.98 Å². The molecular weight excluding hydrogens is 498 g/mol. The minimum atomic E-state index is -0.339. The van der Waals surface area contributed by atoms with Crippen LogP contribution in [0.4, 0.5) is 5.13 Å². The fourth-order valence-corrected chi connectivity index (χ4v) is 4.84. The smallest absolute Gasteiger partial charge is 0.289 e. The highest BCUT2D eigenvalue weighted by molar-refractivity contribution is 8.93. The van der Waals surface area contributed by atoms with Gasteiger partial charge in [0.1, 0.15) is 5.69 Å². The quantitative estimate of drug-likeness (QED) is 0.270. The zero-order valence-electron chi connectivity index (χ0n) is 18.0. The van der Waals surface area contributed by atoms with Gasteiger partial charge in [-0.2, -0.15) is 5.10 Å². The molecule has 1 amide bonds. The first-order valence-corrected chi connectivity index (χ1v) is 11.6. The molecule has 2 aromatic carbocycles. The Hall–Kier alpha value is -3.10. The summed E-state index contributed by atoms with van der Waals surface area (Å²) in [6, 6.07) is 21.4. The molecule has 1 N–H and O–H groups in total. The van der Waals surface area contributed by atoms with Crippen LogP contribution < -0.4 is 10.3 Å². The summed E-state index contributed by atoms with van der Waals surface area (Å²) in [6.07, 6.45) is 5.35. The molecule has 168 valence electrons. The summed E-state index contributed by atoms with van der Waals surface area (Å²) in [5.41, 5.74) is 5.66. The van der Waals surface area contributed by atoms with Crippen molar-refractivity contribution in [3.05, 3.63) is 77.3 Å². The van der Waals surface area contributed by atoms with Gasteiger partial charge in [-0.25, -0.2) is 15.4 Å². The second-order valence-electron chi connectivity index (χ2n) is 7.71. The Morgan fingerprint density at radius 3 is 2.52 bits per heavy atom. The fourth-order valence-electron chi connectivity index (χ4n) is 3.83. The first-order valence-electron chi connectivity index (χ1n) is 10.8. The van der Waals surface area contributed by atoms with Crippen LogP contribution in [-0.4, -0.2) is 35.2 Å². The van der Waals surface area contributed by atoms with E-state index in [0.29, 0.717) is 5.69 Å². The summed E-state index contributed by atoms with van der Waals surface area (Å²) < 4.78 is 0. The van der Waals surface area contributed by atoms with E-state index in [1.165, 1.54) is 19.3 Å². The van der Waals surface area contributed by atoms with Crippen LogP contribution in [0.2, 0.25) is 0 Å². The Labute approximate surface area is 207 Å². The average Bonchev–Trinajstić information content (AvgIpc) is 3.29. The van der Waals surface area contributed by atoms with Crippen molar-refractivity contribution in [1.29, 1.82) is 0 Å². The Bertz CT molecular complexity index is 1270. The number of aromatic nitrogens is 2. The van der Waals surface area contributed by atoms with Crippen molar-refractivity contribution in [1.82, 2.24) is 15.4 Å². The van der Waals surface area contributed by atoms with Crippen molar-refractivity contribution >= 4 is 56.5 Å². The number of carbonyl (C=O) groups is 1. The van der Waals surface area contributed by atoms with Gasteiger partial charge < -0.3 is 4.90 Å². The predicted molar refractivity (Wildman–Crippen MR) is 141 cm³/mol. The molecule has 0 radical (unpaired) electrons. The van der Waals surface area contributed by atoms with Crippen molar-refractivity contribution in [2.75, 3.05) is 18.0 Å². The average molecular weight is 522 g/mol. The fraction of sp³-hybridized carbons (Fsp3) is 0.200. The number of nitrogens with zero attached hydrogens (tertiary/aromatic N) is 4. The van der Waals surface area contributed by atoms with Crippen molar-refractivity contribution in [3.63, 3.8) is 0 Å². The summed E-state index contributed by atoms with van der Waals surface area (Å²) in [6.45, 7) is 2.06. The second kappa shape index (κ2) is 10.7. The molecule has 1 fully saturated rings. The number of rotatable bonds is 5. The highest BCUT2D eigenvalue weighted by atomic mass is 79.9. The third kappa shape index (κ3) is 5.29. The predicted octanol–water partition coefficient (Wildman–Crippen LogP) is 5.69. The molecule has 0 aliphatic carbocycles. The van der Waals surface area contributed by atoms with E-state index < -0.39 is 0 Å². The van der Waals surface area contributed by atoms with Crippen molar-refractivity contribution in [2.24, 2.45) is 5.10 Å². The van der Waals surface area contributed by atoms with Gasteiger partial charge in [-0.1, -0.05) is 65.9 Å². The number of thiazole rings is 1. The highest BCUT2D eigenvalue weighted by Crippen LogP contribution is 2.33. The van der Waals surface area contributed by atoms with E-state index in [0.717, 1.165) is 45.3 Å². The zero-order chi connectivity index (χ0) is 21.8. The third-order valence-electron chi connectivity index (χ3n) is 5.49. The number of carbonyl (C=O) groups excluding carboxylic acids is 1. The van der Waals surface area contributed by atoms with Gasteiger partial charge in [0.25, 0.3) is 5.91 Å². The van der Waals surface area contributed by atoms with Gasteiger partial charge in [0, 0.05) is 24.0 Å². The number of hydrogen-bond acceptors (Lipinski definition) is 6. The number of benzene rings is 2. The number of nitrogens with one attached hydrogen (secondary N) is 1. The van der Waals surface area contributed by atoms with Crippen LogP contribution >= 0.6 is 28.3 Å². The lowest BCUT2D eigenvalue weighted by Gasteiger charge is -2.25. The number of pyridine rings is 1. The minimum absolute atomic E-state index is 0. The van der Waals surface area contributed by atoms with Gasteiger partial charge in [-0.3, -0.25) is 4.79 Å². The number of para-hydroxylation sites is 1. The maximum atomic E-state index is 12.6. The van der Waals surface area contributed by atoms with Crippen LogP contribution in [0.1, 0.15) is 34.6 Å². The molecule has 0 bridgehead atoms. The molecule has 0 spiro atoms. The van der Waals surface area contributed by atoms with E-state index in [1.54, 1.807) is 23.6 Å². The number of piperidine rings is 1. The minimum Gasteiger partial charge on any atom is -0.348 e. The number of hydrazone groups is 1. The third-order valence-corrected chi connectivity index (χ3v) is 6.55. The summed E-state index contributed by atoms with van der Waals surface area (Å²) >= 11 is 1.61. The van der Waals surface area contributed by atoms with Crippen LogP contribution in [0.15, 0.2) is 71.8 Å². The molecular formula is C25H24BrN5OS. The van der Waals surface area contributed by atoms with E-state index in [9.17, 15) is 4.79 Å². The maximum absolute atomic E-state index is 12.6. The Morgan fingerprint density at radius 2 is 1.70 bits per heavy atom. The SMILES string of the molecule is Br.O=C(NN=Cc1sc(N2CCCCC2)nc1-c1ccccc1)c1ccc2ccccc2n1. The largest absolute Gasteiger partial charge is 0.348 e. The molecule has 1 saturated heterocycles. The first kappa shape index (κ1) is 23.1. The first-order chi connectivity index (χ1) is 15.8. The maximum Gasteiger partial charge on any atom is 0.289 e. The van der Waals surface area contributed by atoms with Crippen molar-refractivity contribution in [2.45, 2.75) is 19.3 Å². The monoisotopic (exact) mass is 521 g/mol. The molecule has 6 nitrogen and oxygen atoms in total. The van der Waals surface area contributed by atoms with E-state index >= 15 is 0 Å². The van der Waals surface area contributed by atoms with Crippen LogP contribution in [0.25, 0.3) is 22.2 Å². The number of halogens is 1. The van der Waals surface area contributed by atoms with Gasteiger partial charge in [-0.15, -0.1) is 17.0 Å². The lowest BCUT2D eigenvalue weighted by Crippen LogP contribution is -2.29. The lowest BCUT2D eigenvalue weighted by atomic mass is 10.1. The Morgan fingerprint density at radius 1 is 0.939 bits per heavy atom. The summed E-state index contributed by atoms with van der Waals surface area (Å²) in [5, 5.41) is 6.23. The molecule has 0 unspecified atom stereocenters. The van der Waals surface area contributed by atoms with Gasteiger partial charge in [0.15, 0.2) is 5.13 Å². The molecule has 0 saturated carbocycles. The second-order valence-corrected chi connectivity index (χ2v) is 8.72. The number of amides is 1. The topological polar surface area (TPSA) is 70.5 Å². The van der Waals surface area contributed by atoms with Crippen LogP contribution in [0.3, 0.4) is 0 Å². The molecule has 4 aromatic rings. The van der Waals surface area contributed by atoms with E-state index in [2.05, 4.69) is 20.4 Å². The summed E-state index contributed by atoms with van der Waals surface area (Å²) in [4.78, 5) is 25.2. The molecule has 8 heteroatoms. The molecule has 0 atom stereocenters. The van der Waals surface area contributed by atoms with Crippen molar-refractivity contribution < 1.29 is 4.79 Å². The molecule has 2 aromatic heterocycles. The van der Waals surface area contributed by atoms with E-state index in [-0.39, 0.29) is 22.9 Å². The van der Waals surface area contributed by atoms with Crippen LogP contribution in [0, 0.1) is 0 Å². The Balaban J connectivity index is 0.00000259. The molecule has 1 aliphatic rings. The summed E-state index contributed by atoms with van der Waals surface area (Å²) in [7, 11) is 0. The van der Waals surface area contributed by atoms with Crippen LogP contribution in [-0.2, 0) is 0 Å². The van der Waals surface area contributed by atoms with E-state index in [1.807, 2.05) is 60.7 Å². The molecule has 33 heavy (non-hydrogen) atoms.